The summed E-state index contributed by atoms with van der Waals surface area (Å²) in [5.41, 5.74) is 6.21. The van der Waals surface area contributed by atoms with Crippen LogP contribution in [0.4, 0.5) is 0 Å². The molecule has 1 aromatic rings. The quantitative estimate of drug-likeness (QED) is 0.198. The summed E-state index contributed by atoms with van der Waals surface area (Å²) in [7, 11) is 0. The standard InChI is InChI=1S/C20H34N6O6/c1-9(2)15(19(30)26-16(10(3)4)20(31)32)25-17(28)13(6-12-7-22-8-23-12)24-18(29)14(21)11(5)27/h7-11,13-16,27H,6,21H2,1-5H3,(H,22,23)(H,24,29)(H,25,28)(H,26,30)(H,31,32). The number of carbonyl (C=O) groups excluding carboxylic acids is 3. The molecular formula is C20H34N6O6. The van der Waals surface area contributed by atoms with Crippen LogP contribution in [0.25, 0.3) is 0 Å². The molecule has 0 radical (unpaired) electrons. The number of carboxylic acid groups (broad SMARTS) is 1. The van der Waals surface area contributed by atoms with Crippen LogP contribution in [0.1, 0.15) is 40.3 Å². The molecule has 0 aromatic carbocycles. The van der Waals surface area contributed by atoms with Crippen LogP contribution < -0.4 is 21.7 Å². The predicted molar refractivity (Wildman–Crippen MR) is 115 cm³/mol. The molecular weight excluding hydrogens is 420 g/mol. The molecule has 0 aliphatic heterocycles. The number of carbonyl (C=O) groups is 4. The average molecular weight is 455 g/mol. The Labute approximate surface area is 186 Å². The largest absolute Gasteiger partial charge is 0.480 e. The lowest BCUT2D eigenvalue weighted by Gasteiger charge is -2.28. The van der Waals surface area contributed by atoms with Crippen molar-refractivity contribution in [3.63, 3.8) is 0 Å². The molecule has 8 N–H and O–H groups in total. The van der Waals surface area contributed by atoms with Gasteiger partial charge in [-0.15, -0.1) is 0 Å². The van der Waals surface area contributed by atoms with E-state index in [0.29, 0.717) is 5.69 Å². The van der Waals surface area contributed by atoms with Gasteiger partial charge in [-0.05, 0) is 18.8 Å². The van der Waals surface area contributed by atoms with Crippen molar-refractivity contribution in [2.75, 3.05) is 0 Å². The van der Waals surface area contributed by atoms with Crippen LogP contribution in [-0.4, -0.2) is 74.1 Å². The maximum absolute atomic E-state index is 13.0. The molecule has 0 fully saturated rings. The fraction of sp³-hybridized carbons (Fsp3) is 0.650. The molecule has 0 spiro atoms. The van der Waals surface area contributed by atoms with Gasteiger partial charge in [0.05, 0.1) is 12.4 Å². The van der Waals surface area contributed by atoms with E-state index < -0.39 is 54.0 Å². The van der Waals surface area contributed by atoms with Crippen LogP contribution >= 0.6 is 0 Å². The summed E-state index contributed by atoms with van der Waals surface area (Å²) in [5.74, 6) is -3.98. The number of aromatic amines is 1. The lowest BCUT2D eigenvalue weighted by atomic mass is 9.99. The highest BCUT2D eigenvalue weighted by molar-refractivity contribution is 5.94. The van der Waals surface area contributed by atoms with Crippen molar-refractivity contribution < 1.29 is 29.4 Å². The minimum absolute atomic E-state index is 0.0281. The number of aliphatic hydroxyl groups excluding tert-OH is 1. The Kier molecular flexibility index (Phi) is 10.3. The maximum Gasteiger partial charge on any atom is 0.326 e. The molecule has 5 unspecified atom stereocenters. The normalized spacial score (nSPS) is 16.0. The van der Waals surface area contributed by atoms with Gasteiger partial charge in [-0.3, -0.25) is 14.4 Å². The van der Waals surface area contributed by atoms with Gasteiger partial charge < -0.3 is 36.9 Å². The van der Waals surface area contributed by atoms with Gasteiger partial charge >= 0.3 is 5.97 Å². The molecule has 5 atom stereocenters. The highest BCUT2D eigenvalue weighted by Crippen LogP contribution is 2.08. The third kappa shape index (κ3) is 7.93. The molecule has 0 saturated heterocycles. The number of hydrogen-bond donors (Lipinski definition) is 7. The molecule has 1 heterocycles. The predicted octanol–water partition coefficient (Wildman–Crippen LogP) is -1.49. The first kappa shape index (κ1) is 27.0. The third-order valence-electron chi connectivity index (χ3n) is 4.91. The van der Waals surface area contributed by atoms with Gasteiger partial charge in [0.25, 0.3) is 0 Å². The first-order chi connectivity index (χ1) is 14.8. The molecule has 0 bridgehead atoms. The fourth-order valence-electron chi connectivity index (χ4n) is 2.86. The van der Waals surface area contributed by atoms with Gasteiger partial charge in [0.1, 0.15) is 24.2 Å². The number of aliphatic hydroxyl groups is 1. The van der Waals surface area contributed by atoms with Gasteiger partial charge in [-0.25, -0.2) is 9.78 Å². The molecule has 12 nitrogen and oxygen atoms in total. The van der Waals surface area contributed by atoms with E-state index in [1.807, 2.05) is 0 Å². The highest BCUT2D eigenvalue weighted by Gasteiger charge is 2.33. The zero-order valence-electron chi connectivity index (χ0n) is 19.0. The van der Waals surface area contributed by atoms with Gasteiger partial charge in [-0.1, -0.05) is 27.7 Å². The lowest BCUT2D eigenvalue weighted by molar-refractivity contribution is -0.144. The molecule has 32 heavy (non-hydrogen) atoms. The van der Waals surface area contributed by atoms with Crippen molar-refractivity contribution in [2.45, 2.75) is 71.3 Å². The van der Waals surface area contributed by atoms with Crippen LogP contribution in [0.5, 0.6) is 0 Å². The minimum atomic E-state index is -1.25. The first-order valence-electron chi connectivity index (χ1n) is 10.4. The van der Waals surface area contributed by atoms with Crippen molar-refractivity contribution in [3.05, 3.63) is 18.2 Å². The number of hydrogen-bond acceptors (Lipinski definition) is 7. The van der Waals surface area contributed by atoms with Crippen molar-refractivity contribution in [1.82, 2.24) is 25.9 Å². The number of nitrogens with one attached hydrogen (secondary N) is 4. The topological polar surface area (TPSA) is 200 Å². The summed E-state index contributed by atoms with van der Waals surface area (Å²) in [6.07, 6.45) is 1.79. The second-order valence-corrected chi connectivity index (χ2v) is 8.41. The molecule has 180 valence electrons. The summed E-state index contributed by atoms with van der Waals surface area (Å²) in [4.78, 5) is 56.2. The number of imidazole rings is 1. The van der Waals surface area contributed by atoms with Crippen molar-refractivity contribution in [1.29, 1.82) is 0 Å². The van der Waals surface area contributed by atoms with E-state index in [1.54, 1.807) is 27.7 Å². The molecule has 0 aliphatic rings. The van der Waals surface area contributed by atoms with Crippen molar-refractivity contribution in [3.8, 4) is 0 Å². The van der Waals surface area contributed by atoms with Gasteiger partial charge in [-0.2, -0.15) is 0 Å². The first-order valence-corrected chi connectivity index (χ1v) is 10.4. The summed E-state index contributed by atoms with van der Waals surface area (Å²) < 4.78 is 0. The molecule has 12 heteroatoms. The van der Waals surface area contributed by atoms with Gasteiger partial charge in [0.2, 0.25) is 17.7 Å². The SMILES string of the molecule is CC(C)C(NC(=O)C(NC(=O)C(Cc1cnc[nH]1)NC(=O)C(N)C(C)O)C(C)C)C(=O)O. The summed E-state index contributed by atoms with van der Waals surface area (Å²) in [6.45, 7) is 8.05. The van der Waals surface area contributed by atoms with E-state index >= 15 is 0 Å². The van der Waals surface area contributed by atoms with E-state index in [9.17, 15) is 29.4 Å². The number of amides is 3. The maximum atomic E-state index is 13.0. The van der Waals surface area contributed by atoms with Crippen LogP contribution in [0.2, 0.25) is 0 Å². The Hall–Kier alpha value is -2.99. The highest BCUT2D eigenvalue weighted by atomic mass is 16.4. The van der Waals surface area contributed by atoms with Crippen LogP contribution in [0, 0.1) is 11.8 Å². The van der Waals surface area contributed by atoms with Crippen LogP contribution in [0.3, 0.4) is 0 Å². The molecule has 3 amide bonds. The second kappa shape index (κ2) is 12.2. The van der Waals surface area contributed by atoms with Gasteiger partial charge in [0.15, 0.2) is 0 Å². The Morgan fingerprint density at radius 1 is 0.969 bits per heavy atom. The number of carboxylic acids is 1. The Balaban J connectivity index is 3.03. The van der Waals surface area contributed by atoms with E-state index in [4.69, 9.17) is 5.73 Å². The lowest BCUT2D eigenvalue weighted by Crippen LogP contribution is -2.60. The third-order valence-corrected chi connectivity index (χ3v) is 4.91. The molecule has 1 aromatic heterocycles. The summed E-state index contributed by atoms with van der Waals surface area (Å²) in [6, 6.07) is -4.54. The number of H-pyrrole nitrogens is 1. The van der Waals surface area contributed by atoms with E-state index in [1.165, 1.54) is 19.4 Å². The van der Waals surface area contributed by atoms with E-state index in [0.717, 1.165) is 0 Å². The Morgan fingerprint density at radius 2 is 1.53 bits per heavy atom. The molecule has 0 aliphatic carbocycles. The smallest absolute Gasteiger partial charge is 0.326 e. The average Bonchev–Trinajstić information content (AvgIpc) is 3.20. The number of nitrogens with zero attached hydrogens (tertiary/aromatic N) is 1. The monoisotopic (exact) mass is 454 g/mol. The van der Waals surface area contributed by atoms with Gasteiger partial charge in [0, 0.05) is 18.3 Å². The van der Waals surface area contributed by atoms with E-state index in [2.05, 4.69) is 25.9 Å². The number of aromatic nitrogens is 2. The fourth-order valence-corrected chi connectivity index (χ4v) is 2.86. The second-order valence-electron chi connectivity index (χ2n) is 8.41. The van der Waals surface area contributed by atoms with E-state index in [-0.39, 0.29) is 18.3 Å². The molecule has 1 rings (SSSR count). The Bertz CT molecular complexity index is 780. The number of nitrogens with two attached hydrogens (primary N) is 1. The zero-order valence-corrected chi connectivity index (χ0v) is 19.0. The van der Waals surface area contributed by atoms with Crippen molar-refractivity contribution >= 4 is 23.7 Å². The Morgan fingerprint density at radius 3 is 1.97 bits per heavy atom. The van der Waals surface area contributed by atoms with Crippen molar-refractivity contribution in [2.24, 2.45) is 17.6 Å². The number of rotatable bonds is 12. The summed E-state index contributed by atoms with van der Waals surface area (Å²) in [5, 5.41) is 26.4. The zero-order chi connectivity index (χ0) is 24.6. The molecule has 0 saturated carbocycles. The van der Waals surface area contributed by atoms with Crippen LogP contribution in [-0.2, 0) is 25.6 Å². The minimum Gasteiger partial charge on any atom is -0.480 e. The summed E-state index contributed by atoms with van der Waals surface area (Å²) >= 11 is 0. The number of aliphatic carboxylic acids is 1. The van der Waals surface area contributed by atoms with Crippen LogP contribution in [0.15, 0.2) is 12.5 Å².